The Morgan fingerprint density at radius 1 is 0.800 bits per heavy atom. The van der Waals surface area contributed by atoms with E-state index >= 15 is 0 Å². The van der Waals surface area contributed by atoms with E-state index in [2.05, 4.69) is 52.9 Å². The fourth-order valence-corrected chi connectivity index (χ4v) is 6.79. The van der Waals surface area contributed by atoms with Crippen LogP contribution in [0.25, 0.3) is 0 Å². The third-order valence-electron chi connectivity index (χ3n) is 9.55. The second kappa shape index (κ2) is 18.4. The Labute approximate surface area is 277 Å². The first-order valence-electron chi connectivity index (χ1n) is 18.0. The van der Waals surface area contributed by atoms with E-state index in [1.807, 2.05) is 34.6 Å². The van der Waals surface area contributed by atoms with E-state index < -0.39 is 38.4 Å². The molecule has 1 unspecified atom stereocenters. The van der Waals surface area contributed by atoms with Crippen molar-refractivity contribution < 1.29 is 38.3 Å². The lowest BCUT2D eigenvalue weighted by Gasteiger charge is -2.37. The lowest BCUT2D eigenvalue weighted by atomic mass is 10.0. The average molecular weight is 659 g/mol. The lowest BCUT2D eigenvalue weighted by Crippen LogP contribution is -2.44. The normalized spacial score (nSPS) is 30.0. The van der Waals surface area contributed by atoms with E-state index in [1.165, 1.54) is 64.2 Å². The van der Waals surface area contributed by atoms with Crippen molar-refractivity contribution in [3.05, 3.63) is 12.2 Å². The van der Waals surface area contributed by atoms with E-state index in [0.717, 1.165) is 6.42 Å². The minimum atomic E-state index is -1.83. The molecule has 3 aliphatic heterocycles. The van der Waals surface area contributed by atoms with Gasteiger partial charge in [0.25, 0.3) is 0 Å². The summed E-state index contributed by atoms with van der Waals surface area (Å²) in [7, 11) is -1.83. The summed E-state index contributed by atoms with van der Waals surface area (Å²) in [5, 5.41) is 20.2. The van der Waals surface area contributed by atoms with Gasteiger partial charge in [-0.1, -0.05) is 105 Å². The van der Waals surface area contributed by atoms with Crippen molar-refractivity contribution in [2.45, 2.75) is 212 Å². The van der Waals surface area contributed by atoms with Gasteiger partial charge in [0.2, 0.25) is 0 Å². The summed E-state index contributed by atoms with van der Waals surface area (Å²) in [5.74, 6) is -1.28. The van der Waals surface area contributed by atoms with Crippen molar-refractivity contribution in [3.63, 3.8) is 0 Å². The number of ether oxygens (including phenoxy) is 5. The molecule has 45 heavy (non-hydrogen) atoms. The van der Waals surface area contributed by atoms with Gasteiger partial charge >= 0.3 is 0 Å². The van der Waals surface area contributed by atoms with Gasteiger partial charge in [-0.2, -0.15) is 0 Å². The molecule has 2 N–H and O–H groups in total. The smallest absolute Gasteiger partial charge is 0.192 e. The largest absolute Gasteiger partial charge is 0.414 e. The molecular formula is C36H70O8Si. The van der Waals surface area contributed by atoms with E-state index in [0.29, 0.717) is 13.0 Å². The third kappa shape index (κ3) is 13.6. The summed E-state index contributed by atoms with van der Waals surface area (Å²) >= 11 is 0. The predicted octanol–water partition coefficient (Wildman–Crippen LogP) is 8.39. The number of hydrogen-bond acceptors (Lipinski definition) is 8. The number of unbranched alkanes of at least 4 members (excludes halogenated alkanes) is 10. The Bertz CT molecular complexity index is 854. The maximum Gasteiger partial charge on any atom is 0.192 e. The van der Waals surface area contributed by atoms with E-state index in [-0.39, 0.29) is 29.5 Å². The Morgan fingerprint density at radius 3 is 1.89 bits per heavy atom. The predicted molar refractivity (Wildman–Crippen MR) is 184 cm³/mol. The highest BCUT2D eigenvalue weighted by molar-refractivity contribution is 6.74. The fraction of sp³-hybridized carbons (Fsp3) is 0.944. The highest BCUT2D eigenvalue weighted by Crippen LogP contribution is 2.40. The molecule has 8 nitrogen and oxygen atoms in total. The van der Waals surface area contributed by atoms with Gasteiger partial charge in [-0.15, -0.1) is 0 Å². The molecule has 3 rings (SSSR count). The van der Waals surface area contributed by atoms with Gasteiger partial charge in [0.15, 0.2) is 26.2 Å². The maximum atomic E-state index is 10.1. The summed E-state index contributed by atoms with van der Waals surface area (Å²) in [6.45, 7) is 23.2. The van der Waals surface area contributed by atoms with Gasteiger partial charge in [-0.25, -0.2) is 0 Å². The van der Waals surface area contributed by atoms with Crippen molar-refractivity contribution in [3.8, 4) is 0 Å². The highest BCUT2D eigenvalue weighted by atomic mass is 28.4. The van der Waals surface area contributed by atoms with Crippen molar-refractivity contribution in [1.82, 2.24) is 0 Å². The number of hydrogen-bond donors (Lipinski definition) is 2. The molecular weight excluding hydrogens is 588 g/mol. The molecule has 0 spiro atoms. The molecule has 9 heteroatoms. The molecule has 0 radical (unpaired) electrons. The molecule has 0 aromatic rings. The minimum absolute atomic E-state index is 0.131. The fourth-order valence-electron chi connectivity index (χ4n) is 5.78. The third-order valence-corrected chi connectivity index (χ3v) is 14.1. The number of rotatable bonds is 17. The van der Waals surface area contributed by atoms with Gasteiger partial charge in [0.1, 0.15) is 30.5 Å². The molecule has 7 atom stereocenters. The van der Waals surface area contributed by atoms with Gasteiger partial charge < -0.3 is 38.3 Å². The van der Waals surface area contributed by atoms with Crippen LogP contribution in [0.3, 0.4) is 0 Å². The topological polar surface area (TPSA) is 95.8 Å². The molecule has 3 aliphatic rings. The molecule has 0 amide bonds. The van der Waals surface area contributed by atoms with Gasteiger partial charge in [-0.05, 0) is 65.1 Å². The number of aliphatic hydroxyl groups excluding tert-OH is 2. The highest BCUT2D eigenvalue weighted by Gasteiger charge is 2.55. The van der Waals surface area contributed by atoms with Crippen molar-refractivity contribution in [2.24, 2.45) is 0 Å². The summed E-state index contributed by atoms with van der Waals surface area (Å²) < 4.78 is 35.0. The van der Waals surface area contributed by atoms with E-state index in [9.17, 15) is 10.2 Å². The standard InChI is InChI=1S/C22H42O3.C14H28O5Si/c1-5-7-8-9-10-11-12-13-14-15-16-17-18-20-21(19(23)6-2)25-22(3,4)24-20;1-13(2,3)20(6,7)16-8-9-10-11(12(15)17-9)19-14(4,5)18-10/h17-21,23H,5-16H2,1-4H3;9-12,15H,8H2,1-7H3/t19-,20+,21-;9-,10-,11-,12?/m00/s1. The maximum absolute atomic E-state index is 10.1. The van der Waals surface area contributed by atoms with Crippen molar-refractivity contribution in [1.29, 1.82) is 0 Å². The molecule has 0 aromatic heterocycles. The lowest BCUT2D eigenvalue weighted by molar-refractivity contribution is -0.222. The van der Waals surface area contributed by atoms with Crippen LogP contribution in [0.2, 0.25) is 18.1 Å². The molecule has 266 valence electrons. The van der Waals surface area contributed by atoms with Crippen LogP contribution in [0.1, 0.15) is 139 Å². The zero-order valence-electron chi connectivity index (χ0n) is 30.7. The van der Waals surface area contributed by atoms with Gasteiger partial charge in [-0.3, -0.25) is 0 Å². The summed E-state index contributed by atoms with van der Waals surface area (Å²) in [5.41, 5.74) is 0. The summed E-state index contributed by atoms with van der Waals surface area (Å²) in [6.07, 6.45) is 17.0. The summed E-state index contributed by atoms with van der Waals surface area (Å²) in [4.78, 5) is 0. The second-order valence-electron chi connectivity index (χ2n) is 15.6. The second-order valence-corrected chi connectivity index (χ2v) is 20.4. The van der Waals surface area contributed by atoms with Crippen LogP contribution < -0.4 is 0 Å². The molecule has 3 heterocycles. The number of allylic oxidation sites excluding steroid dienone is 1. The molecule has 0 saturated carbocycles. The van der Waals surface area contributed by atoms with Crippen molar-refractivity contribution >= 4 is 8.32 Å². The van der Waals surface area contributed by atoms with Crippen LogP contribution in [-0.2, 0) is 28.1 Å². The first kappa shape index (κ1) is 40.8. The average Bonchev–Trinajstić information content (AvgIpc) is 3.54. The van der Waals surface area contributed by atoms with E-state index in [4.69, 9.17) is 28.1 Å². The Kier molecular flexibility index (Phi) is 16.7. The zero-order valence-corrected chi connectivity index (χ0v) is 31.7. The first-order chi connectivity index (χ1) is 20.9. The summed E-state index contributed by atoms with van der Waals surface area (Å²) in [6, 6.07) is 0. The number of aliphatic hydroxyl groups is 2. The molecule has 3 fully saturated rings. The number of fused-ring (bicyclic) bond motifs is 1. The first-order valence-corrected chi connectivity index (χ1v) is 20.9. The van der Waals surface area contributed by atoms with Crippen LogP contribution in [0.4, 0.5) is 0 Å². The van der Waals surface area contributed by atoms with Crippen LogP contribution in [0.5, 0.6) is 0 Å². The van der Waals surface area contributed by atoms with Gasteiger partial charge in [0, 0.05) is 0 Å². The molecule has 0 aromatic carbocycles. The van der Waals surface area contributed by atoms with Gasteiger partial charge in [0.05, 0.1) is 12.7 Å². The molecule has 0 bridgehead atoms. The monoisotopic (exact) mass is 658 g/mol. The van der Waals surface area contributed by atoms with Crippen LogP contribution >= 0.6 is 0 Å². The Morgan fingerprint density at radius 2 is 1.33 bits per heavy atom. The molecule has 0 aliphatic carbocycles. The van der Waals surface area contributed by atoms with Crippen LogP contribution in [0.15, 0.2) is 12.2 Å². The quantitative estimate of drug-likeness (QED) is 0.0914. The Balaban J connectivity index is 0.000000320. The van der Waals surface area contributed by atoms with E-state index in [1.54, 1.807) is 0 Å². The minimum Gasteiger partial charge on any atom is -0.414 e. The van der Waals surface area contributed by atoms with Crippen LogP contribution in [-0.4, -0.2) is 79.6 Å². The van der Waals surface area contributed by atoms with Crippen LogP contribution in [0, 0.1) is 0 Å². The zero-order chi connectivity index (χ0) is 33.9. The SMILES string of the molecule is CC1(C)O[C@H]2[C@H](CO[Si](C)(C)C(C)(C)C)OC(O)[C@H]2O1.CCCCCCCCCCCCC=C[C@H]1OC(C)(C)O[C@H]1[C@@H](O)CC. The molecule has 3 saturated heterocycles. The Hall–Kier alpha value is -0.363. The van der Waals surface area contributed by atoms with Crippen molar-refractivity contribution in [2.75, 3.05) is 6.61 Å².